The largest absolute Gasteiger partial charge is 0.341 e. The molecule has 3 nitrogen and oxygen atoms in total. The molecule has 1 heterocycles. The molecule has 5 heteroatoms. The molecular weight excluding hydrogens is 202 g/mol. The molecular formula is C10H14F2N2O. The number of alkyl halides is 2. The van der Waals surface area contributed by atoms with Crippen molar-refractivity contribution < 1.29 is 13.6 Å². The second kappa shape index (κ2) is 4.13. The van der Waals surface area contributed by atoms with E-state index in [-0.39, 0.29) is 25.4 Å². The average Bonchev–Trinajstić information content (AvgIpc) is 2.20. The van der Waals surface area contributed by atoms with Gasteiger partial charge in [0.1, 0.15) is 5.92 Å². The normalized spacial score (nSPS) is 26.9. The summed E-state index contributed by atoms with van der Waals surface area (Å²) in [4.78, 5) is 12.9. The predicted molar refractivity (Wildman–Crippen MR) is 50.1 cm³/mol. The molecule has 1 saturated heterocycles. The number of carbonyl (C=O) groups is 1. The van der Waals surface area contributed by atoms with Crippen molar-refractivity contribution in [3.05, 3.63) is 0 Å². The number of hydrogen-bond acceptors (Lipinski definition) is 2. The maximum Gasteiger partial charge on any atom is 0.254 e. The second-order valence-electron chi connectivity index (χ2n) is 4.05. The molecule has 2 unspecified atom stereocenters. The van der Waals surface area contributed by atoms with E-state index in [9.17, 15) is 13.6 Å². The van der Waals surface area contributed by atoms with Crippen LogP contribution in [-0.4, -0.2) is 29.8 Å². The van der Waals surface area contributed by atoms with Gasteiger partial charge < -0.3 is 4.90 Å². The summed E-state index contributed by atoms with van der Waals surface area (Å²) in [6.07, 6.45) is -0.307. The van der Waals surface area contributed by atoms with Crippen LogP contribution in [0.2, 0.25) is 0 Å². The topological polar surface area (TPSA) is 44.1 Å². The van der Waals surface area contributed by atoms with Crippen LogP contribution in [0.5, 0.6) is 0 Å². The van der Waals surface area contributed by atoms with Crippen LogP contribution in [0.25, 0.3) is 0 Å². The lowest BCUT2D eigenvalue weighted by Gasteiger charge is -2.37. The van der Waals surface area contributed by atoms with Crippen LogP contribution < -0.4 is 0 Å². The minimum Gasteiger partial charge on any atom is -0.341 e. The van der Waals surface area contributed by atoms with E-state index in [0.717, 1.165) is 0 Å². The van der Waals surface area contributed by atoms with E-state index in [1.807, 2.05) is 6.07 Å². The summed E-state index contributed by atoms with van der Waals surface area (Å²) in [5.41, 5.74) is 0. The predicted octanol–water partition coefficient (Wildman–Crippen LogP) is 1.65. The Bertz CT molecular complexity index is 298. The molecule has 15 heavy (non-hydrogen) atoms. The lowest BCUT2D eigenvalue weighted by Crippen LogP contribution is -2.49. The fraction of sp³-hybridized carbons (Fsp3) is 0.800. The van der Waals surface area contributed by atoms with Crippen molar-refractivity contribution in [2.24, 2.45) is 11.8 Å². The third kappa shape index (κ3) is 2.44. The SMILES string of the molecule is CC(C#N)C(=O)N1CCC(F)(F)C(C)C1. The highest BCUT2D eigenvalue weighted by Crippen LogP contribution is 2.33. The van der Waals surface area contributed by atoms with E-state index in [4.69, 9.17) is 5.26 Å². The number of amides is 1. The number of likely N-dealkylation sites (tertiary alicyclic amines) is 1. The third-order valence-corrected chi connectivity index (χ3v) is 2.81. The first-order valence-corrected chi connectivity index (χ1v) is 4.94. The van der Waals surface area contributed by atoms with Crippen LogP contribution >= 0.6 is 0 Å². The first-order chi connectivity index (χ1) is 6.88. The lowest BCUT2D eigenvalue weighted by atomic mass is 9.94. The van der Waals surface area contributed by atoms with Gasteiger partial charge in [-0.3, -0.25) is 4.79 Å². The molecule has 84 valence electrons. The Morgan fingerprint density at radius 3 is 2.73 bits per heavy atom. The molecule has 1 aliphatic rings. The van der Waals surface area contributed by atoms with Gasteiger partial charge >= 0.3 is 0 Å². The van der Waals surface area contributed by atoms with Crippen LogP contribution in [0.15, 0.2) is 0 Å². The summed E-state index contributed by atoms with van der Waals surface area (Å²) in [6, 6.07) is 1.82. The lowest BCUT2D eigenvalue weighted by molar-refractivity contribution is -0.145. The van der Waals surface area contributed by atoms with E-state index in [1.165, 1.54) is 18.7 Å². The van der Waals surface area contributed by atoms with Crippen molar-refractivity contribution in [3.63, 3.8) is 0 Å². The maximum absolute atomic E-state index is 13.1. The molecule has 0 bridgehead atoms. The second-order valence-corrected chi connectivity index (χ2v) is 4.05. The number of halogens is 2. The minimum atomic E-state index is -2.69. The molecule has 0 N–H and O–H groups in total. The molecule has 1 amide bonds. The van der Waals surface area contributed by atoms with Gasteiger partial charge in [0.15, 0.2) is 0 Å². The highest BCUT2D eigenvalue weighted by molar-refractivity contribution is 5.80. The van der Waals surface area contributed by atoms with Gasteiger partial charge in [-0.25, -0.2) is 8.78 Å². The Morgan fingerprint density at radius 1 is 1.67 bits per heavy atom. The van der Waals surface area contributed by atoms with E-state index < -0.39 is 17.8 Å². The summed E-state index contributed by atoms with van der Waals surface area (Å²) < 4.78 is 26.2. The number of nitriles is 1. The summed E-state index contributed by atoms with van der Waals surface area (Å²) in [5.74, 6) is -4.61. The van der Waals surface area contributed by atoms with Gasteiger partial charge in [-0.05, 0) is 6.92 Å². The molecule has 1 fully saturated rings. The smallest absolute Gasteiger partial charge is 0.254 e. The van der Waals surface area contributed by atoms with Gasteiger partial charge in [0, 0.05) is 25.4 Å². The number of nitrogens with zero attached hydrogens (tertiary/aromatic N) is 2. The summed E-state index contributed by atoms with van der Waals surface area (Å²) in [7, 11) is 0. The van der Waals surface area contributed by atoms with Crippen molar-refractivity contribution in [2.45, 2.75) is 26.2 Å². The van der Waals surface area contributed by atoms with Crippen LogP contribution in [0.1, 0.15) is 20.3 Å². The van der Waals surface area contributed by atoms with Gasteiger partial charge in [0.05, 0.1) is 6.07 Å². The number of piperidine rings is 1. The Kier molecular flexibility index (Phi) is 3.28. The van der Waals surface area contributed by atoms with Gasteiger partial charge in [0.2, 0.25) is 5.91 Å². The van der Waals surface area contributed by atoms with Gasteiger partial charge in [-0.1, -0.05) is 6.92 Å². The van der Waals surface area contributed by atoms with Crippen LogP contribution in [0.4, 0.5) is 8.78 Å². The van der Waals surface area contributed by atoms with E-state index in [1.54, 1.807) is 0 Å². The van der Waals surface area contributed by atoms with Crippen molar-refractivity contribution in [1.29, 1.82) is 5.26 Å². The third-order valence-electron chi connectivity index (χ3n) is 2.81. The minimum absolute atomic E-state index is 0.0395. The van der Waals surface area contributed by atoms with E-state index in [2.05, 4.69) is 0 Å². The Balaban J connectivity index is 2.63. The molecule has 0 radical (unpaired) electrons. The van der Waals surface area contributed by atoms with Crippen LogP contribution in [-0.2, 0) is 4.79 Å². The van der Waals surface area contributed by atoms with Crippen molar-refractivity contribution in [3.8, 4) is 6.07 Å². The number of rotatable bonds is 1. The maximum atomic E-state index is 13.1. The van der Waals surface area contributed by atoms with Crippen molar-refractivity contribution >= 4 is 5.91 Å². The first-order valence-electron chi connectivity index (χ1n) is 4.94. The number of carbonyl (C=O) groups excluding carboxylic acids is 1. The quantitative estimate of drug-likeness (QED) is 0.669. The molecule has 2 atom stereocenters. The zero-order chi connectivity index (χ0) is 11.6. The fourth-order valence-electron chi connectivity index (χ4n) is 1.62. The Morgan fingerprint density at radius 2 is 2.27 bits per heavy atom. The molecule has 0 saturated carbocycles. The molecule has 0 aromatic rings. The molecule has 1 aliphatic heterocycles. The molecule has 0 spiro atoms. The molecule has 0 aromatic carbocycles. The molecule has 1 rings (SSSR count). The molecule has 0 aromatic heterocycles. The highest BCUT2D eigenvalue weighted by Gasteiger charge is 2.42. The van der Waals surface area contributed by atoms with Gasteiger partial charge in [-0.15, -0.1) is 0 Å². The number of hydrogen-bond donors (Lipinski definition) is 0. The average molecular weight is 216 g/mol. The van der Waals surface area contributed by atoms with Crippen molar-refractivity contribution in [1.82, 2.24) is 4.90 Å². The monoisotopic (exact) mass is 216 g/mol. The van der Waals surface area contributed by atoms with E-state index >= 15 is 0 Å². The van der Waals surface area contributed by atoms with Crippen LogP contribution in [0.3, 0.4) is 0 Å². The fourth-order valence-corrected chi connectivity index (χ4v) is 1.62. The standard InChI is InChI=1S/C10H14F2N2O/c1-7(5-13)9(15)14-4-3-10(11,12)8(2)6-14/h7-8H,3-4,6H2,1-2H3. The highest BCUT2D eigenvalue weighted by atomic mass is 19.3. The van der Waals surface area contributed by atoms with Gasteiger partial charge in [0.25, 0.3) is 5.92 Å². The zero-order valence-electron chi connectivity index (χ0n) is 8.83. The van der Waals surface area contributed by atoms with Crippen molar-refractivity contribution in [2.75, 3.05) is 13.1 Å². The van der Waals surface area contributed by atoms with Gasteiger partial charge in [-0.2, -0.15) is 5.26 Å². The Hall–Kier alpha value is -1.18. The summed E-state index contributed by atoms with van der Waals surface area (Å²) in [5, 5.41) is 8.56. The Labute approximate surface area is 87.7 Å². The van der Waals surface area contributed by atoms with Crippen LogP contribution in [0, 0.1) is 23.2 Å². The summed E-state index contributed by atoms with van der Waals surface area (Å²) >= 11 is 0. The summed E-state index contributed by atoms with van der Waals surface area (Å²) in [6.45, 7) is 3.00. The molecule has 0 aliphatic carbocycles. The first kappa shape index (κ1) is 11.9. The van der Waals surface area contributed by atoms with E-state index in [0.29, 0.717) is 0 Å². The zero-order valence-corrected chi connectivity index (χ0v) is 8.83.